The average Bonchev–Trinajstić information content (AvgIpc) is 2.99. The lowest BCUT2D eigenvalue weighted by molar-refractivity contribution is -0.119. The molecule has 0 bridgehead atoms. The normalized spacial score (nSPS) is 10.8. The van der Waals surface area contributed by atoms with Crippen molar-refractivity contribution in [3.8, 4) is 28.4 Å². The third-order valence-corrected chi connectivity index (χ3v) is 6.80. The van der Waals surface area contributed by atoms with Gasteiger partial charge in [-0.1, -0.05) is 12.1 Å². The van der Waals surface area contributed by atoms with Gasteiger partial charge in [-0.05, 0) is 48.9 Å². The highest BCUT2D eigenvalue weighted by atomic mass is 19.1. The largest absolute Gasteiger partial charge is 0.496 e. The molecule has 2 aromatic heterocycles. The Balaban J connectivity index is 1.40. The highest BCUT2D eigenvalue weighted by Gasteiger charge is 2.19. The van der Waals surface area contributed by atoms with Crippen molar-refractivity contribution in [2.45, 2.75) is 13.3 Å². The molecule has 2 amide bonds. The molecule has 0 fully saturated rings. The predicted octanol–water partition coefficient (Wildman–Crippen LogP) is 5.52. The number of pyridine rings is 2. The topological polar surface area (TPSA) is 122 Å². The highest BCUT2D eigenvalue weighted by Crippen LogP contribution is 2.35. The SMILES string of the molecule is CNC(=O)Cc1cc2c(Oc3ccc(NC(=O)c4c[nH]c(C)c(-c5ccc(F)cc5)c4=O)cc3F)ccnc2cc1OC. The van der Waals surface area contributed by atoms with E-state index in [0.29, 0.717) is 39.2 Å². The molecule has 5 rings (SSSR count). The molecular weight excluding hydrogens is 558 g/mol. The first-order valence-corrected chi connectivity index (χ1v) is 13.1. The number of H-pyrrole nitrogens is 1. The van der Waals surface area contributed by atoms with Gasteiger partial charge in [0, 0.05) is 59.5 Å². The lowest BCUT2D eigenvalue weighted by atomic mass is 10.0. The van der Waals surface area contributed by atoms with Crippen LogP contribution < -0.4 is 25.5 Å². The number of halogens is 2. The molecule has 0 saturated carbocycles. The van der Waals surface area contributed by atoms with Crippen LogP contribution in [0.2, 0.25) is 0 Å². The number of hydrogen-bond acceptors (Lipinski definition) is 6. The summed E-state index contributed by atoms with van der Waals surface area (Å²) in [5.41, 5.74) is 1.63. The van der Waals surface area contributed by atoms with Gasteiger partial charge in [0.15, 0.2) is 11.6 Å². The number of nitrogens with one attached hydrogen (secondary N) is 3. The van der Waals surface area contributed by atoms with Crippen molar-refractivity contribution in [1.82, 2.24) is 15.3 Å². The van der Waals surface area contributed by atoms with Gasteiger partial charge in [-0.25, -0.2) is 8.78 Å². The summed E-state index contributed by atoms with van der Waals surface area (Å²) in [6, 6.07) is 14.1. The molecule has 0 aliphatic heterocycles. The number of anilines is 1. The molecule has 9 nitrogen and oxygen atoms in total. The van der Waals surface area contributed by atoms with Crippen LogP contribution in [0.1, 0.15) is 21.6 Å². The van der Waals surface area contributed by atoms with Crippen LogP contribution in [0.15, 0.2) is 77.9 Å². The van der Waals surface area contributed by atoms with Crippen LogP contribution in [0.25, 0.3) is 22.0 Å². The van der Waals surface area contributed by atoms with Crippen molar-refractivity contribution < 1.29 is 27.8 Å². The van der Waals surface area contributed by atoms with Gasteiger partial charge >= 0.3 is 0 Å². The van der Waals surface area contributed by atoms with Crippen molar-refractivity contribution >= 4 is 28.4 Å². The number of benzene rings is 3. The summed E-state index contributed by atoms with van der Waals surface area (Å²) in [5, 5.41) is 5.64. The number of ether oxygens (including phenoxy) is 2. The van der Waals surface area contributed by atoms with Gasteiger partial charge in [-0.2, -0.15) is 0 Å². The lowest BCUT2D eigenvalue weighted by Gasteiger charge is -2.14. The minimum absolute atomic E-state index is 0.0575. The van der Waals surface area contributed by atoms with Crippen molar-refractivity contribution in [3.05, 3.63) is 112 Å². The second-order valence-corrected chi connectivity index (χ2v) is 9.58. The Hall–Kier alpha value is -5.58. The third-order valence-electron chi connectivity index (χ3n) is 6.80. The van der Waals surface area contributed by atoms with Gasteiger partial charge in [0.2, 0.25) is 11.3 Å². The number of carbonyl (C=O) groups is 2. The number of fused-ring (bicyclic) bond motifs is 1. The zero-order valence-electron chi connectivity index (χ0n) is 23.4. The van der Waals surface area contributed by atoms with E-state index in [1.54, 1.807) is 25.1 Å². The number of amides is 2. The zero-order chi connectivity index (χ0) is 30.7. The molecule has 3 aromatic carbocycles. The Kier molecular flexibility index (Phi) is 8.15. The van der Waals surface area contributed by atoms with E-state index in [4.69, 9.17) is 9.47 Å². The fraction of sp³-hybridized carbons (Fsp3) is 0.125. The Morgan fingerprint density at radius 3 is 2.44 bits per heavy atom. The number of aromatic amines is 1. The maximum Gasteiger partial charge on any atom is 0.261 e. The molecule has 3 N–H and O–H groups in total. The molecular formula is C32H26F2N4O5. The number of carbonyl (C=O) groups excluding carboxylic acids is 2. The molecule has 0 aliphatic rings. The van der Waals surface area contributed by atoms with Crippen molar-refractivity contribution in [3.63, 3.8) is 0 Å². The molecule has 0 radical (unpaired) electrons. The number of nitrogens with zero attached hydrogens (tertiary/aromatic N) is 1. The molecule has 5 aromatic rings. The van der Waals surface area contributed by atoms with Crippen LogP contribution in [-0.4, -0.2) is 35.9 Å². The summed E-state index contributed by atoms with van der Waals surface area (Å²) in [4.78, 5) is 45.4. The van der Waals surface area contributed by atoms with E-state index in [2.05, 4.69) is 20.6 Å². The van der Waals surface area contributed by atoms with Crippen molar-refractivity contribution in [1.29, 1.82) is 0 Å². The van der Waals surface area contributed by atoms with Crippen molar-refractivity contribution in [2.75, 3.05) is 19.5 Å². The number of aromatic nitrogens is 2. The zero-order valence-corrected chi connectivity index (χ0v) is 23.4. The first-order valence-electron chi connectivity index (χ1n) is 13.1. The number of rotatable bonds is 8. The van der Waals surface area contributed by atoms with Crippen LogP contribution in [0.4, 0.5) is 14.5 Å². The third kappa shape index (κ3) is 6.05. The monoisotopic (exact) mass is 584 g/mol. The van der Waals surface area contributed by atoms with E-state index in [9.17, 15) is 18.8 Å². The molecule has 43 heavy (non-hydrogen) atoms. The Labute approximate surface area is 244 Å². The number of hydrogen-bond donors (Lipinski definition) is 3. The molecule has 0 spiro atoms. The Morgan fingerprint density at radius 1 is 0.977 bits per heavy atom. The fourth-order valence-corrected chi connectivity index (χ4v) is 4.61. The average molecular weight is 585 g/mol. The Morgan fingerprint density at radius 2 is 1.74 bits per heavy atom. The summed E-state index contributed by atoms with van der Waals surface area (Å²) >= 11 is 0. The number of methoxy groups -OCH3 is 1. The van der Waals surface area contributed by atoms with Gasteiger partial charge in [0.1, 0.15) is 22.9 Å². The van der Waals surface area contributed by atoms with Gasteiger partial charge in [0.25, 0.3) is 5.91 Å². The first kappa shape index (κ1) is 28.9. The first-order chi connectivity index (χ1) is 20.7. The van der Waals surface area contributed by atoms with E-state index in [0.717, 1.165) is 6.07 Å². The molecule has 0 saturated heterocycles. The van der Waals surface area contributed by atoms with Gasteiger partial charge in [0.05, 0.1) is 19.0 Å². The van der Waals surface area contributed by atoms with E-state index < -0.39 is 23.0 Å². The predicted molar refractivity (Wildman–Crippen MR) is 158 cm³/mol. The van der Waals surface area contributed by atoms with E-state index in [1.807, 2.05) is 0 Å². The number of aryl methyl sites for hydroxylation is 1. The number of likely N-dealkylation sites (N-methyl/N-ethyl adjacent to an activating group) is 1. The lowest BCUT2D eigenvalue weighted by Crippen LogP contribution is -2.23. The Bertz CT molecular complexity index is 1920. The molecule has 0 aliphatic carbocycles. The molecule has 2 heterocycles. The second-order valence-electron chi connectivity index (χ2n) is 9.58. The van der Waals surface area contributed by atoms with E-state index >= 15 is 4.39 Å². The quantitative estimate of drug-likeness (QED) is 0.221. The second kappa shape index (κ2) is 12.1. The van der Waals surface area contributed by atoms with Crippen molar-refractivity contribution in [2.24, 2.45) is 0 Å². The summed E-state index contributed by atoms with van der Waals surface area (Å²) in [6.07, 6.45) is 2.83. The minimum Gasteiger partial charge on any atom is -0.496 e. The highest BCUT2D eigenvalue weighted by molar-refractivity contribution is 6.04. The molecule has 218 valence electrons. The minimum atomic E-state index is -0.772. The van der Waals surface area contributed by atoms with E-state index in [1.165, 1.54) is 62.9 Å². The van der Waals surface area contributed by atoms with Crippen LogP contribution in [-0.2, 0) is 11.2 Å². The maximum absolute atomic E-state index is 15.2. The van der Waals surface area contributed by atoms with Crippen LogP contribution in [0, 0.1) is 18.6 Å². The van der Waals surface area contributed by atoms with Gasteiger partial charge < -0.3 is 25.1 Å². The van der Waals surface area contributed by atoms with Crippen LogP contribution in [0.3, 0.4) is 0 Å². The smallest absolute Gasteiger partial charge is 0.261 e. The fourth-order valence-electron chi connectivity index (χ4n) is 4.61. The van der Waals surface area contributed by atoms with E-state index in [-0.39, 0.29) is 34.9 Å². The van der Waals surface area contributed by atoms with Gasteiger partial charge in [-0.3, -0.25) is 19.4 Å². The summed E-state index contributed by atoms with van der Waals surface area (Å²) in [7, 11) is 3.02. The van der Waals surface area contributed by atoms with Crippen LogP contribution >= 0.6 is 0 Å². The molecule has 11 heteroatoms. The summed E-state index contributed by atoms with van der Waals surface area (Å²) < 4.78 is 39.9. The standard InChI is InChI=1S/C32H26F2N4O5/c1-17-30(18-4-6-20(33)7-5-18)31(40)23(16-37-17)32(41)38-21-8-9-27(24(34)14-21)43-26-10-11-36-25-15-28(42-3)19(12-22(25)26)13-29(39)35-2/h4-12,14-16H,13H2,1-3H3,(H,35,39)(H,37,40)(H,38,41). The van der Waals surface area contributed by atoms with Crippen LogP contribution in [0.5, 0.6) is 17.2 Å². The molecule has 0 atom stereocenters. The summed E-state index contributed by atoms with van der Waals surface area (Å²) in [5.74, 6) is -1.55. The summed E-state index contributed by atoms with van der Waals surface area (Å²) in [6.45, 7) is 1.67. The maximum atomic E-state index is 15.2. The molecule has 0 unspecified atom stereocenters. The van der Waals surface area contributed by atoms with Gasteiger partial charge in [-0.15, -0.1) is 0 Å².